The van der Waals surface area contributed by atoms with E-state index in [2.05, 4.69) is 20.8 Å². The Morgan fingerprint density at radius 1 is 1.40 bits per heavy atom. The average molecular weight is 279 g/mol. The molecule has 20 heavy (non-hydrogen) atoms. The number of nitrogens with zero attached hydrogens (tertiary/aromatic N) is 1. The highest BCUT2D eigenvalue weighted by molar-refractivity contribution is 5.78. The van der Waals surface area contributed by atoms with Crippen LogP contribution in [0.5, 0.6) is 0 Å². The molecule has 2 unspecified atom stereocenters. The minimum atomic E-state index is -0.973. The molecule has 4 heteroatoms. The molecule has 1 fully saturated rings. The lowest BCUT2D eigenvalue weighted by atomic mass is 9.80. The molecule has 3 nitrogen and oxygen atoms in total. The van der Waals surface area contributed by atoms with Crippen molar-refractivity contribution >= 4 is 5.91 Å². The summed E-state index contributed by atoms with van der Waals surface area (Å²) in [5, 5.41) is 10.1. The van der Waals surface area contributed by atoms with Gasteiger partial charge in [-0.1, -0.05) is 39.0 Å². The first-order valence-electron chi connectivity index (χ1n) is 6.99. The number of aliphatic hydroxyl groups is 1. The molecule has 0 aliphatic carbocycles. The standard InChI is InChI=1S/C16H22FNO2/c1-16(2,3)11-8-15(20)18(9-11)10-14(19)12-6-4-5-7-13(12)17/h4-7,11,14,19H,8-10H2,1-3H3. The molecule has 1 N–H and O–H groups in total. The van der Waals surface area contributed by atoms with E-state index in [4.69, 9.17) is 0 Å². The Hall–Kier alpha value is -1.42. The van der Waals surface area contributed by atoms with Crippen LogP contribution in [-0.4, -0.2) is 29.0 Å². The summed E-state index contributed by atoms with van der Waals surface area (Å²) in [6.45, 7) is 7.13. The monoisotopic (exact) mass is 279 g/mol. The summed E-state index contributed by atoms with van der Waals surface area (Å²) < 4.78 is 13.6. The van der Waals surface area contributed by atoms with Gasteiger partial charge in [-0.2, -0.15) is 0 Å². The van der Waals surface area contributed by atoms with E-state index in [1.165, 1.54) is 6.07 Å². The van der Waals surface area contributed by atoms with Gasteiger partial charge in [0.25, 0.3) is 0 Å². The number of carbonyl (C=O) groups is 1. The van der Waals surface area contributed by atoms with Crippen molar-refractivity contribution < 1.29 is 14.3 Å². The van der Waals surface area contributed by atoms with Crippen molar-refractivity contribution in [2.24, 2.45) is 11.3 Å². The molecular formula is C16H22FNO2. The fraction of sp³-hybridized carbons (Fsp3) is 0.562. The predicted molar refractivity (Wildman–Crippen MR) is 75.5 cm³/mol. The molecule has 110 valence electrons. The second-order valence-corrected chi connectivity index (χ2v) is 6.60. The molecule has 1 aromatic carbocycles. The summed E-state index contributed by atoms with van der Waals surface area (Å²) >= 11 is 0. The summed E-state index contributed by atoms with van der Waals surface area (Å²) in [7, 11) is 0. The topological polar surface area (TPSA) is 40.5 Å². The van der Waals surface area contributed by atoms with Gasteiger partial charge in [0.1, 0.15) is 5.82 Å². The second kappa shape index (κ2) is 5.52. The molecule has 1 saturated heterocycles. The van der Waals surface area contributed by atoms with Crippen LogP contribution in [0.15, 0.2) is 24.3 Å². The van der Waals surface area contributed by atoms with Gasteiger partial charge in [0.2, 0.25) is 5.91 Å². The molecular weight excluding hydrogens is 257 g/mol. The Balaban J connectivity index is 2.04. The molecule has 1 aliphatic rings. The number of benzene rings is 1. The summed E-state index contributed by atoms with van der Waals surface area (Å²) in [6.07, 6.45) is -0.466. The predicted octanol–water partition coefficient (Wildman–Crippen LogP) is 2.75. The first kappa shape index (κ1) is 15.0. The Morgan fingerprint density at radius 2 is 2.05 bits per heavy atom. The van der Waals surface area contributed by atoms with E-state index < -0.39 is 11.9 Å². The number of β-amino-alcohol motifs (C(OH)–C–C–N with tert-alkyl or cyclic N) is 1. The minimum Gasteiger partial charge on any atom is -0.386 e. The van der Waals surface area contributed by atoms with Gasteiger partial charge >= 0.3 is 0 Å². The normalized spacial score (nSPS) is 21.4. The van der Waals surface area contributed by atoms with E-state index >= 15 is 0 Å². The molecule has 0 bridgehead atoms. The molecule has 0 radical (unpaired) electrons. The van der Waals surface area contributed by atoms with E-state index in [0.29, 0.717) is 13.0 Å². The Bertz CT molecular complexity index is 495. The maximum atomic E-state index is 13.6. The van der Waals surface area contributed by atoms with E-state index in [0.717, 1.165) is 0 Å². The van der Waals surface area contributed by atoms with Crippen LogP contribution in [0.2, 0.25) is 0 Å². The summed E-state index contributed by atoms with van der Waals surface area (Å²) in [4.78, 5) is 13.7. The van der Waals surface area contributed by atoms with Crippen molar-refractivity contribution in [1.29, 1.82) is 0 Å². The highest BCUT2D eigenvalue weighted by atomic mass is 19.1. The van der Waals surface area contributed by atoms with Crippen molar-refractivity contribution in [1.82, 2.24) is 4.90 Å². The fourth-order valence-corrected chi connectivity index (χ4v) is 2.58. The van der Waals surface area contributed by atoms with Crippen LogP contribution < -0.4 is 0 Å². The van der Waals surface area contributed by atoms with Crippen LogP contribution in [0.3, 0.4) is 0 Å². The van der Waals surface area contributed by atoms with Crippen LogP contribution in [0.4, 0.5) is 4.39 Å². The van der Waals surface area contributed by atoms with Gasteiger partial charge in [0, 0.05) is 18.5 Å². The van der Waals surface area contributed by atoms with E-state index in [1.54, 1.807) is 23.1 Å². The Morgan fingerprint density at radius 3 is 2.60 bits per heavy atom. The number of halogens is 1. The lowest BCUT2D eigenvalue weighted by Crippen LogP contribution is -2.31. The zero-order chi connectivity index (χ0) is 14.9. The molecule has 1 aromatic rings. The third kappa shape index (κ3) is 3.18. The largest absolute Gasteiger partial charge is 0.386 e. The van der Waals surface area contributed by atoms with E-state index in [1.807, 2.05) is 0 Å². The van der Waals surface area contributed by atoms with Crippen LogP contribution >= 0.6 is 0 Å². The average Bonchev–Trinajstić information content (AvgIpc) is 2.71. The van der Waals surface area contributed by atoms with Gasteiger partial charge in [0.15, 0.2) is 0 Å². The van der Waals surface area contributed by atoms with Crippen LogP contribution in [0, 0.1) is 17.2 Å². The molecule has 1 aliphatic heterocycles. The maximum absolute atomic E-state index is 13.6. The zero-order valence-electron chi connectivity index (χ0n) is 12.3. The second-order valence-electron chi connectivity index (χ2n) is 6.60. The molecule has 0 saturated carbocycles. The summed E-state index contributed by atoms with van der Waals surface area (Å²) in [5.74, 6) is -0.109. The van der Waals surface area contributed by atoms with Gasteiger partial charge in [-0.3, -0.25) is 4.79 Å². The smallest absolute Gasteiger partial charge is 0.223 e. The van der Waals surface area contributed by atoms with Gasteiger partial charge in [-0.05, 0) is 17.4 Å². The number of rotatable bonds is 3. The zero-order valence-corrected chi connectivity index (χ0v) is 12.3. The van der Waals surface area contributed by atoms with Crippen molar-refractivity contribution in [2.45, 2.75) is 33.3 Å². The van der Waals surface area contributed by atoms with E-state index in [9.17, 15) is 14.3 Å². The molecule has 2 atom stereocenters. The number of carbonyl (C=O) groups excluding carboxylic acids is 1. The highest BCUT2D eigenvalue weighted by Gasteiger charge is 2.37. The number of hydrogen-bond donors (Lipinski definition) is 1. The van der Waals surface area contributed by atoms with Crippen molar-refractivity contribution in [3.63, 3.8) is 0 Å². The number of amides is 1. The van der Waals surface area contributed by atoms with Crippen LogP contribution in [0.1, 0.15) is 38.9 Å². The SMILES string of the molecule is CC(C)(C)C1CC(=O)N(CC(O)c2ccccc2F)C1. The van der Waals surface area contributed by atoms with Gasteiger partial charge < -0.3 is 10.0 Å². The van der Waals surface area contributed by atoms with Gasteiger partial charge in [-0.25, -0.2) is 4.39 Å². The van der Waals surface area contributed by atoms with Gasteiger partial charge in [-0.15, -0.1) is 0 Å². The number of likely N-dealkylation sites (tertiary alicyclic amines) is 1. The molecule has 2 rings (SSSR count). The van der Waals surface area contributed by atoms with Crippen molar-refractivity contribution in [2.75, 3.05) is 13.1 Å². The van der Waals surface area contributed by atoms with Crippen LogP contribution in [0.25, 0.3) is 0 Å². The number of aliphatic hydroxyl groups excluding tert-OH is 1. The summed E-state index contributed by atoms with van der Waals surface area (Å²) in [6, 6.07) is 6.15. The van der Waals surface area contributed by atoms with Crippen molar-refractivity contribution in [3.8, 4) is 0 Å². The summed E-state index contributed by atoms with van der Waals surface area (Å²) in [5.41, 5.74) is 0.312. The van der Waals surface area contributed by atoms with Gasteiger partial charge in [0.05, 0.1) is 12.6 Å². The fourth-order valence-electron chi connectivity index (χ4n) is 2.58. The lowest BCUT2D eigenvalue weighted by Gasteiger charge is -2.27. The first-order chi connectivity index (χ1) is 9.29. The minimum absolute atomic E-state index is 0.0420. The maximum Gasteiger partial charge on any atom is 0.223 e. The van der Waals surface area contributed by atoms with Crippen molar-refractivity contribution in [3.05, 3.63) is 35.6 Å². The molecule has 0 aromatic heterocycles. The molecule has 1 heterocycles. The molecule has 0 spiro atoms. The first-order valence-corrected chi connectivity index (χ1v) is 6.99. The number of hydrogen-bond acceptors (Lipinski definition) is 2. The third-order valence-corrected chi connectivity index (χ3v) is 4.10. The van der Waals surface area contributed by atoms with Crippen LogP contribution in [-0.2, 0) is 4.79 Å². The van der Waals surface area contributed by atoms with E-state index in [-0.39, 0.29) is 29.3 Å². The third-order valence-electron chi connectivity index (χ3n) is 4.10. The highest BCUT2D eigenvalue weighted by Crippen LogP contribution is 2.35. The quantitative estimate of drug-likeness (QED) is 0.924. The lowest BCUT2D eigenvalue weighted by molar-refractivity contribution is -0.129. The Kier molecular flexibility index (Phi) is 4.14. The molecule has 1 amide bonds. The Labute approximate surface area is 119 Å².